The van der Waals surface area contributed by atoms with Crippen molar-refractivity contribution in [3.63, 3.8) is 0 Å². The number of aryl methyl sites for hydroxylation is 1. The maximum Gasteiger partial charge on any atom is 0.0529 e. The standard InChI is InChI=1S/C18H20S3/c1-2-3-4-5-7-14-9-10-16(21-14)15-11-13-20-18(15)17-8-6-12-19-17/h6,8-13H,2-5,7H2,1H3. The van der Waals surface area contributed by atoms with Gasteiger partial charge in [0.25, 0.3) is 0 Å². The molecule has 0 fully saturated rings. The molecule has 0 aromatic carbocycles. The number of hydrogen-bond acceptors (Lipinski definition) is 3. The Bertz CT molecular complexity index is 658. The molecule has 0 N–H and O–H groups in total. The monoisotopic (exact) mass is 332 g/mol. The van der Waals surface area contributed by atoms with Gasteiger partial charge in [0.15, 0.2) is 0 Å². The van der Waals surface area contributed by atoms with E-state index in [4.69, 9.17) is 0 Å². The average Bonchev–Trinajstić information content (AvgIpc) is 3.22. The number of rotatable bonds is 7. The van der Waals surface area contributed by atoms with Crippen LogP contribution < -0.4 is 0 Å². The van der Waals surface area contributed by atoms with Crippen molar-refractivity contribution in [2.75, 3.05) is 0 Å². The highest BCUT2D eigenvalue weighted by atomic mass is 32.1. The Balaban J connectivity index is 1.73. The van der Waals surface area contributed by atoms with Gasteiger partial charge in [-0.2, -0.15) is 0 Å². The molecule has 0 unspecified atom stereocenters. The Hall–Kier alpha value is -0.900. The molecule has 3 aromatic heterocycles. The lowest BCUT2D eigenvalue weighted by molar-refractivity contribution is 0.670. The van der Waals surface area contributed by atoms with Crippen molar-refractivity contribution in [1.82, 2.24) is 0 Å². The molecule has 3 heteroatoms. The summed E-state index contributed by atoms with van der Waals surface area (Å²) in [7, 11) is 0. The molecule has 0 aliphatic heterocycles. The van der Waals surface area contributed by atoms with E-state index in [1.165, 1.54) is 57.2 Å². The molecule has 3 heterocycles. The zero-order valence-corrected chi connectivity index (χ0v) is 14.8. The Morgan fingerprint density at radius 1 is 0.857 bits per heavy atom. The van der Waals surface area contributed by atoms with E-state index in [0.29, 0.717) is 0 Å². The molecule has 21 heavy (non-hydrogen) atoms. The molecular formula is C18H20S3. The summed E-state index contributed by atoms with van der Waals surface area (Å²) in [6.45, 7) is 2.27. The molecule has 3 rings (SSSR count). The van der Waals surface area contributed by atoms with Gasteiger partial charge in [-0.3, -0.25) is 0 Å². The molecule has 0 amide bonds. The topological polar surface area (TPSA) is 0 Å². The van der Waals surface area contributed by atoms with Crippen LogP contribution in [0.4, 0.5) is 0 Å². The Morgan fingerprint density at radius 2 is 1.81 bits per heavy atom. The quantitative estimate of drug-likeness (QED) is 0.397. The first-order valence-corrected chi connectivity index (χ1v) is 10.2. The molecule has 0 bridgehead atoms. The minimum absolute atomic E-state index is 1.24. The Labute approximate surface area is 139 Å². The van der Waals surface area contributed by atoms with Gasteiger partial charge in [-0.05, 0) is 47.9 Å². The fourth-order valence-electron chi connectivity index (χ4n) is 2.48. The SMILES string of the molecule is CCCCCCc1ccc(-c2ccsc2-c2cccs2)s1. The minimum atomic E-state index is 1.24. The molecule has 0 atom stereocenters. The molecular weight excluding hydrogens is 312 g/mol. The highest BCUT2D eigenvalue weighted by Gasteiger charge is 2.11. The zero-order valence-electron chi connectivity index (χ0n) is 12.3. The zero-order chi connectivity index (χ0) is 14.5. The fraction of sp³-hybridized carbons (Fsp3) is 0.333. The van der Waals surface area contributed by atoms with Crippen molar-refractivity contribution < 1.29 is 0 Å². The average molecular weight is 333 g/mol. The third-order valence-electron chi connectivity index (χ3n) is 3.61. The summed E-state index contributed by atoms with van der Waals surface area (Å²) < 4.78 is 0. The maximum atomic E-state index is 2.32. The summed E-state index contributed by atoms with van der Waals surface area (Å²) in [4.78, 5) is 5.76. The third kappa shape index (κ3) is 3.65. The van der Waals surface area contributed by atoms with E-state index >= 15 is 0 Å². The van der Waals surface area contributed by atoms with E-state index in [0.717, 1.165) is 0 Å². The first kappa shape index (κ1) is 15.0. The van der Waals surface area contributed by atoms with Gasteiger partial charge in [-0.1, -0.05) is 32.3 Å². The van der Waals surface area contributed by atoms with E-state index in [1.54, 1.807) is 0 Å². The Kier molecular flexibility index (Phi) is 5.28. The fourth-order valence-corrected chi connectivity index (χ4v) is 5.43. The van der Waals surface area contributed by atoms with Gasteiger partial charge < -0.3 is 0 Å². The largest absolute Gasteiger partial charge is 0.143 e. The molecule has 0 radical (unpaired) electrons. The van der Waals surface area contributed by atoms with Crippen LogP contribution in [0.15, 0.2) is 41.1 Å². The number of unbranched alkanes of at least 4 members (excludes halogenated alkanes) is 3. The van der Waals surface area contributed by atoms with Crippen LogP contribution in [-0.2, 0) is 6.42 Å². The second-order valence-electron chi connectivity index (χ2n) is 5.22. The van der Waals surface area contributed by atoms with Crippen LogP contribution in [0.5, 0.6) is 0 Å². The highest BCUT2D eigenvalue weighted by Crippen LogP contribution is 2.41. The van der Waals surface area contributed by atoms with Gasteiger partial charge in [0.1, 0.15) is 0 Å². The molecule has 110 valence electrons. The van der Waals surface area contributed by atoms with Crippen LogP contribution in [0.3, 0.4) is 0 Å². The summed E-state index contributed by atoms with van der Waals surface area (Å²) in [6.07, 6.45) is 6.61. The van der Waals surface area contributed by atoms with Gasteiger partial charge in [0.05, 0.1) is 4.88 Å². The first-order valence-electron chi connectivity index (χ1n) is 7.59. The number of thiophene rings is 3. The molecule has 0 aliphatic rings. The van der Waals surface area contributed by atoms with Crippen LogP contribution in [0.1, 0.15) is 37.5 Å². The van der Waals surface area contributed by atoms with Crippen LogP contribution in [0.2, 0.25) is 0 Å². The second-order valence-corrected chi connectivity index (χ2v) is 8.25. The third-order valence-corrected chi connectivity index (χ3v) is 6.76. The lowest BCUT2D eigenvalue weighted by atomic mass is 10.1. The second kappa shape index (κ2) is 7.39. The molecule has 0 saturated carbocycles. The normalized spacial score (nSPS) is 11.1. The van der Waals surface area contributed by atoms with Crippen LogP contribution in [-0.4, -0.2) is 0 Å². The maximum absolute atomic E-state index is 2.32. The van der Waals surface area contributed by atoms with Crippen LogP contribution in [0, 0.1) is 0 Å². The lowest BCUT2D eigenvalue weighted by Gasteiger charge is -1.99. The summed E-state index contributed by atoms with van der Waals surface area (Å²) >= 11 is 5.65. The van der Waals surface area contributed by atoms with Gasteiger partial charge in [-0.25, -0.2) is 0 Å². The minimum Gasteiger partial charge on any atom is -0.143 e. The summed E-state index contributed by atoms with van der Waals surface area (Å²) in [5.74, 6) is 0. The smallest absolute Gasteiger partial charge is 0.0529 e. The van der Waals surface area contributed by atoms with Crippen molar-refractivity contribution in [1.29, 1.82) is 0 Å². The highest BCUT2D eigenvalue weighted by molar-refractivity contribution is 7.21. The van der Waals surface area contributed by atoms with Crippen LogP contribution in [0.25, 0.3) is 20.2 Å². The summed E-state index contributed by atoms with van der Waals surface area (Å²) in [6, 6.07) is 11.3. The van der Waals surface area contributed by atoms with Gasteiger partial charge in [0, 0.05) is 20.2 Å². The van der Waals surface area contributed by atoms with Gasteiger partial charge >= 0.3 is 0 Å². The summed E-state index contributed by atoms with van der Waals surface area (Å²) in [5.41, 5.74) is 1.41. The number of hydrogen-bond donors (Lipinski definition) is 0. The first-order chi connectivity index (χ1) is 10.4. The predicted molar refractivity (Wildman–Crippen MR) is 98.8 cm³/mol. The van der Waals surface area contributed by atoms with E-state index < -0.39 is 0 Å². The van der Waals surface area contributed by atoms with Crippen molar-refractivity contribution in [3.05, 3.63) is 46.0 Å². The van der Waals surface area contributed by atoms with Gasteiger partial charge in [0.2, 0.25) is 0 Å². The van der Waals surface area contributed by atoms with Crippen molar-refractivity contribution in [3.8, 4) is 20.2 Å². The van der Waals surface area contributed by atoms with E-state index in [1.807, 2.05) is 34.0 Å². The van der Waals surface area contributed by atoms with Gasteiger partial charge in [-0.15, -0.1) is 34.0 Å². The molecule has 0 nitrogen and oxygen atoms in total. The van der Waals surface area contributed by atoms with Crippen molar-refractivity contribution in [2.45, 2.75) is 39.0 Å². The molecule has 0 spiro atoms. The van der Waals surface area contributed by atoms with Crippen LogP contribution >= 0.6 is 34.0 Å². The Morgan fingerprint density at radius 3 is 2.62 bits per heavy atom. The predicted octanol–water partition coefficient (Wildman–Crippen LogP) is 7.33. The van der Waals surface area contributed by atoms with Crippen molar-refractivity contribution >= 4 is 34.0 Å². The van der Waals surface area contributed by atoms with Crippen molar-refractivity contribution in [2.24, 2.45) is 0 Å². The summed E-state index contributed by atoms with van der Waals surface area (Å²) in [5, 5.41) is 4.37. The molecule has 0 aliphatic carbocycles. The van der Waals surface area contributed by atoms with E-state index in [9.17, 15) is 0 Å². The van der Waals surface area contributed by atoms with E-state index in [2.05, 4.69) is 48.0 Å². The molecule has 3 aromatic rings. The lowest BCUT2D eigenvalue weighted by Crippen LogP contribution is -1.80. The van der Waals surface area contributed by atoms with E-state index in [-0.39, 0.29) is 0 Å². The molecule has 0 saturated heterocycles.